The predicted molar refractivity (Wildman–Crippen MR) is 97.0 cm³/mol. The van der Waals surface area contributed by atoms with Crippen molar-refractivity contribution in [2.75, 3.05) is 7.11 Å². The van der Waals surface area contributed by atoms with E-state index in [1.54, 1.807) is 38.3 Å². The number of ether oxygens (including phenoxy) is 1. The Hall–Kier alpha value is -3.20. The standard InChI is InChI=1S/C18H16N4O4S/c1-18(13-4-3-9-27-13)16(23)22(17(24)20-18)10-14-19-15(21-26-14)11-5-7-12(25-2)8-6-11/h3-9H,10H2,1-2H3,(H,20,24). The van der Waals surface area contributed by atoms with Crippen LogP contribution in [-0.2, 0) is 16.9 Å². The van der Waals surface area contributed by atoms with E-state index in [1.807, 2.05) is 17.5 Å². The summed E-state index contributed by atoms with van der Waals surface area (Å²) in [6, 6.07) is 10.3. The van der Waals surface area contributed by atoms with Crippen molar-refractivity contribution in [3.63, 3.8) is 0 Å². The summed E-state index contributed by atoms with van der Waals surface area (Å²) in [6.45, 7) is 1.60. The molecule has 1 atom stereocenters. The molecule has 2 aromatic heterocycles. The van der Waals surface area contributed by atoms with Crippen molar-refractivity contribution in [3.8, 4) is 17.1 Å². The summed E-state index contributed by atoms with van der Waals surface area (Å²) in [4.78, 5) is 31.3. The molecule has 3 amide bonds. The number of hydrogen-bond acceptors (Lipinski definition) is 7. The van der Waals surface area contributed by atoms with Crippen LogP contribution in [0, 0.1) is 0 Å². The van der Waals surface area contributed by atoms with Gasteiger partial charge in [0.05, 0.1) is 7.11 Å². The van der Waals surface area contributed by atoms with Gasteiger partial charge in [0.1, 0.15) is 12.3 Å². The van der Waals surface area contributed by atoms with Crippen molar-refractivity contribution in [3.05, 3.63) is 52.5 Å². The number of amides is 3. The Balaban J connectivity index is 1.53. The average Bonchev–Trinajstić information content (AvgIpc) is 3.41. The van der Waals surface area contributed by atoms with Crippen molar-refractivity contribution >= 4 is 23.3 Å². The van der Waals surface area contributed by atoms with Crippen molar-refractivity contribution < 1.29 is 18.8 Å². The van der Waals surface area contributed by atoms with Gasteiger partial charge in [0.15, 0.2) is 5.54 Å². The molecule has 9 heteroatoms. The number of thiophene rings is 1. The number of urea groups is 1. The van der Waals surface area contributed by atoms with Gasteiger partial charge in [-0.05, 0) is 42.6 Å². The number of rotatable bonds is 5. The second kappa shape index (κ2) is 6.51. The first-order valence-electron chi connectivity index (χ1n) is 8.16. The number of aromatic nitrogens is 2. The van der Waals surface area contributed by atoms with E-state index in [4.69, 9.17) is 9.26 Å². The molecule has 1 aliphatic heterocycles. The Morgan fingerprint density at radius 2 is 2.04 bits per heavy atom. The molecular formula is C18H16N4O4S. The highest BCUT2D eigenvalue weighted by Crippen LogP contribution is 2.32. The smallest absolute Gasteiger partial charge is 0.325 e. The van der Waals surface area contributed by atoms with Gasteiger partial charge in [0.25, 0.3) is 5.91 Å². The highest BCUT2D eigenvalue weighted by molar-refractivity contribution is 7.10. The van der Waals surface area contributed by atoms with Crippen LogP contribution in [0.4, 0.5) is 4.79 Å². The molecule has 0 aliphatic carbocycles. The highest BCUT2D eigenvalue weighted by Gasteiger charge is 2.50. The first kappa shape index (κ1) is 17.2. The zero-order chi connectivity index (χ0) is 19.0. The summed E-state index contributed by atoms with van der Waals surface area (Å²) in [6.07, 6.45) is 0. The summed E-state index contributed by atoms with van der Waals surface area (Å²) in [7, 11) is 1.59. The maximum atomic E-state index is 12.8. The molecule has 1 N–H and O–H groups in total. The Kier molecular flexibility index (Phi) is 4.15. The van der Waals surface area contributed by atoms with Crippen LogP contribution >= 0.6 is 11.3 Å². The molecule has 1 unspecified atom stereocenters. The van der Waals surface area contributed by atoms with Crippen molar-refractivity contribution in [1.29, 1.82) is 0 Å². The number of nitrogens with one attached hydrogen (secondary N) is 1. The van der Waals surface area contributed by atoms with Gasteiger partial charge >= 0.3 is 6.03 Å². The number of benzene rings is 1. The van der Waals surface area contributed by atoms with Crippen LogP contribution in [0.5, 0.6) is 5.75 Å². The minimum atomic E-state index is -1.08. The maximum absolute atomic E-state index is 12.8. The minimum absolute atomic E-state index is 0.0885. The molecule has 138 valence electrons. The third kappa shape index (κ3) is 2.95. The largest absolute Gasteiger partial charge is 0.497 e. The summed E-state index contributed by atoms with van der Waals surface area (Å²) in [5, 5.41) is 8.54. The van der Waals surface area contributed by atoms with E-state index < -0.39 is 11.6 Å². The summed E-state index contributed by atoms with van der Waals surface area (Å²) < 4.78 is 10.4. The molecule has 27 heavy (non-hydrogen) atoms. The van der Waals surface area contributed by atoms with E-state index in [9.17, 15) is 9.59 Å². The Morgan fingerprint density at radius 1 is 1.26 bits per heavy atom. The van der Waals surface area contributed by atoms with E-state index in [1.165, 1.54) is 11.3 Å². The molecule has 1 aliphatic rings. The van der Waals surface area contributed by atoms with Crippen molar-refractivity contribution in [2.24, 2.45) is 0 Å². The molecule has 0 saturated carbocycles. The maximum Gasteiger partial charge on any atom is 0.325 e. The van der Waals surface area contributed by atoms with E-state index in [0.717, 1.165) is 21.1 Å². The van der Waals surface area contributed by atoms with Gasteiger partial charge in [-0.25, -0.2) is 4.79 Å². The monoisotopic (exact) mass is 384 g/mol. The summed E-state index contributed by atoms with van der Waals surface area (Å²) in [5.74, 6) is 0.925. The Labute approximate surface area is 158 Å². The Bertz CT molecular complexity index is 983. The van der Waals surface area contributed by atoms with Gasteiger partial charge in [-0.15, -0.1) is 11.3 Å². The van der Waals surface area contributed by atoms with Gasteiger partial charge in [0.2, 0.25) is 11.7 Å². The van der Waals surface area contributed by atoms with E-state index >= 15 is 0 Å². The first-order chi connectivity index (χ1) is 13.0. The fraction of sp³-hybridized carbons (Fsp3) is 0.222. The zero-order valence-corrected chi connectivity index (χ0v) is 15.4. The molecule has 4 rings (SSSR count). The number of imide groups is 1. The second-order valence-corrected chi connectivity index (χ2v) is 7.11. The number of carbonyl (C=O) groups excluding carboxylic acids is 2. The average molecular weight is 384 g/mol. The van der Waals surface area contributed by atoms with Crippen LogP contribution in [0.2, 0.25) is 0 Å². The Morgan fingerprint density at radius 3 is 2.70 bits per heavy atom. The highest BCUT2D eigenvalue weighted by atomic mass is 32.1. The molecule has 0 bridgehead atoms. The van der Waals surface area contributed by atoms with Gasteiger partial charge < -0.3 is 14.6 Å². The van der Waals surface area contributed by atoms with Crippen molar-refractivity contribution in [2.45, 2.75) is 19.0 Å². The molecular weight excluding hydrogens is 368 g/mol. The lowest BCUT2D eigenvalue weighted by atomic mass is 10.0. The van der Waals surface area contributed by atoms with Crippen LogP contribution in [0.25, 0.3) is 11.4 Å². The topological polar surface area (TPSA) is 97.6 Å². The third-order valence-electron chi connectivity index (χ3n) is 4.40. The molecule has 1 aromatic carbocycles. The number of hydrogen-bond donors (Lipinski definition) is 1. The second-order valence-electron chi connectivity index (χ2n) is 6.16. The van der Waals surface area contributed by atoms with Gasteiger partial charge in [-0.1, -0.05) is 11.2 Å². The SMILES string of the molecule is COc1ccc(-c2noc(CN3C(=O)NC(C)(c4cccs4)C3=O)n2)cc1. The lowest BCUT2D eigenvalue weighted by Gasteiger charge is -2.19. The lowest BCUT2D eigenvalue weighted by molar-refractivity contribution is -0.131. The summed E-state index contributed by atoms with van der Waals surface area (Å²) >= 11 is 1.41. The number of methoxy groups -OCH3 is 1. The van der Waals surface area contributed by atoms with Crippen LogP contribution < -0.4 is 10.1 Å². The molecule has 0 radical (unpaired) electrons. The molecule has 1 fully saturated rings. The van der Waals surface area contributed by atoms with Gasteiger partial charge in [-0.3, -0.25) is 9.69 Å². The normalized spacial score (nSPS) is 19.4. The first-order valence-corrected chi connectivity index (χ1v) is 9.04. The van der Waals surface area contributed by atoms with Crippen molar-refractivity contribution in [1.82, 2.24) is 20.4 Å². The third-order valence-corrected chi connectivity index (χ3v) is 5.49. The summed E-state index contributed by atoms with van der Waals surface area (Å²) in [5.41, 5.74) is -0.337. The fourth-order valence-corrected chi connectivity index (χ4v) is 3.72. The van der Waals surface area contributed by atoms with Gasteiger partial charge in [-0.2, -0.15) is 4.98 Å². The molecule has 1 saturated heterocycles. The lowest BCUT2D eigenvalue weighted by Crippen LogP contribution is -2.40. The quantitative estimate of drug-likeness (QED) is 0.680. The molecule has 8 nitrogen and oxygen atoms in total. The molecule has 3 heterocycles. The molecule has 0 spiro atoms. The van der Waals surface area contributed by atoms with Crippen LogP contribution in [0.15, 0.2) is 46.3 Å². The van der Waals surface area contributed by atoms with E-state index in [2.05, 4.69) is 15.5 Å². The molecule has 3 aromatic rings. The number of nitrogens with zero attached hydrogens (tertiary/aromatic N) is 3. The van der Waals surface area contributed by atoms with Crippen LogP contribution in [0.1, 0.15) is 17.7 Å². The van der Waals surface area contributed by atoms with E-state index in [0.29, 0.717) is 5.82 Å². The van der Waals surface area contributed by atoms with Crippen LogP contribution in [0.3, 0.4) is 0 Å². The minimum Gasteiger partial charge on any atom is -0.497 e. The van der Waals surface area contributed by atoms with Crippen LogP contribution in [-0.4, -0.2) is 34.1 Å². The number of carbonyl (C=O) groups is 2. The fourth-order valence-electron chi connectivity index (χ4n) is 2.88. The van der Waals surface area contributed by atoms with Gasteiger partial charge in [0, 0.05) is 10.4 Å². The zero-order valence-electron chi connectivity index (χ0n) is 14.6. The van der Waals surface area contributed by atoms with E-state index in [-0.39, 0.29) is 18.3 Å². The predicted octanol–water partition coefficient (Wildman–Crippen LogP) is 2.77.